The standard InChI is InChI=1S/C25H24N4O2S/c30-11-9-29(10-12-31)15-17-1-3-18(4-2-17)23-14-22-25(32-23)24(28-16-27-22)20-5-6-21-19(13-20)7-8-26-21/h1-8,13-14,16,26,30-31H,9-12,15H2. The van der Waals surface area contributed by atoms with Crippen LogP contribution in [0.3, 0.4) is 0 Å². The lowest BCUT2D eigenvalue weighted by molar-refractivity contribution is 0.156. The Bertz CT molecular complexity index is 1340. The van der Waals surface area contributed by atoms with Gasteiger partial charge in [0.1, 0.15) is 6.33 Å². The third-order valence-corrected chi connectivity index (χ3v) is 6.80. The minimum atomic E-state index is 0.0836. The number of rotatable bonds is 8. The highest BCUT2D eigenvalue weighted by atomic mass is 32.1. The molecule has 0 bridgehead atoms. The van der Waals surface area contributed by atoms with E-state index in [2.05, 4.69) is 69.5 Å². The first-order chi connectivity index (χ1) is 15.7. The van der Waals surface area contributed by atoms with Gasteiger partial charge in [-0.25, -0.2) is 9.97 Å². The van der Waals surface area contributed by atoms with Crippen molar-refractivity contribution in [1.82, 2.24) is 19.9 Å². The van der Waals surface area contributed by atoms with Gasteiger partial charge in [0.05, 0.1) is 29.1 Å². The van der Waals surface area contributed by atoms with Crippen LogP contribution in [0.5, 0.6) is 0 Å². The van der Waals surface area contributed by atoms with Gasteiger partial charge in [0, 0.05) is 47.2 Å². The second kappa shape index (κ2) is 9.18. The largest absolute Gasteiger partial charge is 0.395 e. The zero-order valence-electron chi connectivity index (χ0n) is 17.5. The van der Waals surface area contributed by atoms with E-state index in [1.54, 1.807) is 17.7 Å². The first-order valence-corrected chi connectivity index (χ1v) is 11.4. The highest BCUT2D eigenvalue weighted by Crippen LogP contribution is 2.37. The van der Waals surface area contributed by atoms with Gasteiger partial charge in [-0.05, 0) is 35.4 Å². The molecule has 0 aliphatic heterocycles. The van der Waals surface area contributed by atoms with Gasteiger partial charge in [-0.2, -0.15) is 0 Å². The molecule has 162 valence electrons. The van der Waals surface area contributed by atoms with E-state index in [-0.39, 0.29) is 13.2 Å². The Balaban J connectivity index is 1.44. The fraction of sp³-hybridized carbons (Fsp3) is 0.200. The topological polar surface area (TPSA) is 85.3 Å². The van der Waals surface area contributed by atoms with Gasteiger partial charge in [0.2, 0.25) is 0 Å². The quantitative estimate of drug-likeness (QED) is 0.332. The van der Waals surface area contributed by atoms with Crippen LogP contribution in [0.2, 0.25) is 0 Å². The average Bonchev–Trinajstić information content (AvgIpc) is 3.46. The summed E-state index contributed by atoms with van der Waals surface area (Å²) >= 11 is 1.71. The van der Waals surface area contributed by atoms with Crippen LogP contribution < -0.4 is 0 Å². The van der Waals surface area contributed by atoms with Crippen LogP contribution in [0.4, 0.5) is 0 Å². The summed E-state index contributed by atoms with van der Waals surface area (Å²) in [6, 6.07) is 19.0. The Labute approximate surface area is 189 Å². The summed E-state index contributed by atoms with van der Waals surface area (Å²) < 4.78 is 1.08. The summed E-state index contributed by atoms with van der Waals surface area (Å²) in [7, 11) is 0. The van der Waals surface area contributed by atoms with Crippen molar-refractivity contribution in [3.8, 4) is 21.7 Å². The fourth-order valence-electron chi connectivity index (χ4n) is 3.99. The van der Waals surface area contributed by atoms with Crippen molar-refractivity contribution >= 4 is 32.5 Å². The molecule has 0 aliphatic rings. The van der Waals surface area contributed by atoms with Gasteiger partial charge in [0.15, 0.2) is 0 Å². The number of nitrogens with zero attached hydrogens (tertiary/aromatic N) is 3. The van der Waals surface area contributed by atoms with Crippen molar-refractivity contribution in [2.45, 2.75) is 6.54 Å². The van der Waals surface area contributed by atoms with Gasteiger partial charge >= 0.3 is 0 Å². The summed E-state index contributed by atoms with van der Waals surface area (Å²) in [5, 5.41) is 19.6. The summed E-state index contributed by atoms with van der Waals surface area (Å²) in [6.07, 6.45) is 3.58. The molecular weight excluding hydrogens is 420 g/mol. The van der Waals surface area contributed by atoms with Crippen molar-refractivity contribution in [2.24, 2.45) is 0 Å². The Morgan fingerprint density at radius 1 is 0.875 bits per heavy atom. The lowest BCUT2D eigenvalue weighted by Gasteiger charge is -2.20. The van der Waals surface area contributed by atoms with Gasteiger partial charge in [-0.15, -0.1) is 11.3 Å². The fourth-order valence-corrected chi connectivity index (χ4v) is 5.12. The third-order valence-electron chi connectivity index (χ3n) is 5.62. The van der Waals surface area contributed by atoms with E-state index in [0.717, 1.165) is 48.4 Å². The van der Waals surface area contributed by atoms with Gasteiger partial charge in [-0.1, -0.05) is 30.3 Å². The number of aromatic amines is 1. The van der Waals surface area contributed by atoms with Crippen molar-refractivity contribution in [3.05, 3.63) is 72.7 Å². The summed E-state index contributed by atoms with van der Waals surface area (Å²) in [5.41, 5.74) is 6.39. The van der Waals surface area contributed by atoms with E-state index in [4.69, 9.17) is 0 Å². The van der Waals surface area contributed by atoms with Crippen LogP contribution >= 0.6 is 11.3 Å². The Hall–Kier alpha value is -3.10. The number of thiophene rings is 1. The smallest absolute Gasteiger partial charge is 0.116 e. The first-order valence-electron chi connectivity index (χ1n) is 10.6. The Kier molecular flexibility index (Phi) is 5.96. The summed E-state index contributed by atoms with van der Waals surface area (Å²) in [6.45, 7) is 1.97. The maximum Gasteiger partial charge on any atom is 0.116 e. The van der Waals surface area contributed by atoms with E-state index in [1.807, 2.05) is 11.1 Å². The zero-order valence-corrected chi connectivity index (χ0v) is 18.3. The molecule has 0 saturated carbocycles. The van der Waals surface area contributed by atoms with Crippen molar-refractivity contribution in [3.63, 3.8) is 0 Å². The Morgan fingerprint density at radius 2 is 1.66 bits per heavy atom. The second-order valence-corrected chi connectivity index (χ2v) is 8.80. The molecule has 3 N–H and O–H groups in total. The number of fused-ring (bicyclic) bond motifs is 2. The predicted octanol–water partition coefficient (Wildman–Crippen LogP) is 4.29. The van der Waals surface area contributed by atoms with Crippen LogP contribution in [-0.4, -0.2) is 56.4 Å². The molecule has 0 saturated heterocycles. The van der Waals surface area contributed by atoms with Gasteiger partial charge < -0.3 is 15.2 Å². The zero-order chi connectivity index (χ0) is 21.9. The maximum atomic E-state index is 9.21. The normalized spacial score (nSPS) is 11.7. The molecule has 0 aliphatic carbocycles. The number of aliphatic hydroxyl groups excluding tert-OH is 2. The van der Waals surface area contributed by atoms with Gasteiger partial charge in [-0.3, -0.25) is 4.90 Å². The molecule has 0 spiro atoms. The molecule has 5 aromatic rings. The summed E-state index contributed by atoms with van der Waals surface area (Å²) in [5.74, 6) is 0. The third kappa shape index (κ3) is 4.16. The number of H-pyrrole nitrogens is 1. The summed E-state index contributed by atoms with van der Waals surface area (Å²) in [4.78, 5) is 15.5. The van der Waals surface area contributed by atoms with Crippen molar-refractivity contribution in [2.75, 3.05) is 26.3 Å². The molecule has 0 radical (unpaired) electrons. The minimum Gasteiger partial charge on any atom is -0.395 e. The molecule has 3 heterocycles. The molecule has 32 heavy (non-hydrogen) atoms. The number of hydrogen-bond acceptors (Lipinski definition) is 6. The molecule has 3 aromatic heterocycles. The lowest BCUT2D eigenvalue weighted by Crippen LogP contribution is -2.29. The van der Waals surface area contributed by atoms with E-state index >= 15 is 0 Å². The predicted molar refractivity (Wildman–Crippen MR) is 130 cm³/mol. The molecule has 0 unspecified atom stereocenters. The second-order valence-electron chi connectivity index (χ2n) is 7.75. The minimum absolute atomic E-state index is 0.0836. The molecule has 0 amide bonds. The molecule has 5 rings (SSSR count). The number of aliphatic hydroxyl groups is 2. The van der Waals surface area contributed by atoms with Gasteiger partial charge in [0.25, 0.3) is 0 Å². The van der Waals surface area contributed by atoms with Crippen LogP contribution in [-0.2, 0) is 6.54 Å². The van der Waals surface area contributed by atoms with Crippen LogP contribution in [0.15, 0.2) is 67.1 Å². The van der Waals surface area contributed by atoms with Crippen LogP contribution in [0.25, 0.3) is 42.8 Å². The highest BCUT2D eigenvalue weighted by molar-refractivity contribution is 7.22. The number of hydrogen-bond donors (Lipinski definition) is 3. The van der Waals surface area contributed by atoms with E-state index in [9.17, 15) is 10.2 Å². The highest BCUT2D eigenvalue weighted by Gasteiger charge is 2.13. The monoisotopic (exact) mass is 444 g/mol. The van der Waals surface area contributed by atoms with E-state index in [1.165, 1.54) is 0 Å². The van der Waals surface area contributed by atoms with Crippen LogP contribution in [0, 0.1) is 0 Å². The van der Waals surface area contributed by atoms with Crippen LogP contribution in [0.1, 0.15) is 5.56 Å². The van der Waals surface area contributed by atoms with E-state index < -0.39 is 0 Å². The molecule has 7 heteroatoms. The Morgan fingerprint density at radius 3 is 2.44 bits per heavy atom. The number of benzene rings is 2. The molecular formula is C25H24N4O2S. The lowest BCUT2D eigenvalue weighted by atomic mass is 10.1. The average molecular weight is 445 g/mol. The SMILES string of the molecule is OCCN(CCO)Cc1ccc(-c2cc3ncnc(-c4ccc5[nH]ccc5c4)c3s2)cc1. The molecule has 6 nitrogen and oxygen atoms in total. The van der Waals surface area contributed by atoms with E-state index in [0.29, 0.717) is 19.6 Å². The molecule has 0 fully saturated rings. The molecule has 2 aromatic carbocycles. The first kappa shape index (κ1) is 20.8. The number of aromatic nitrogens is 3. The molecule has 0 atom stereocenters. The number of nitrogens with one attached hydrogen (secondary N) is 1. The van der Waals surface area contributed by atoms with Crippen molar-refractivity contribution < 1.29 is 10.2 Å². The maximum absolute atomic E-state index is 9.21. The van der Waals surface area contributed by atoms with Crippen molar-refractivity contribution in [1.29, 1.82) is 0 Å².